The lowest BCUT2D eigenvalue weighted by molar-refractivity contribution is 0.0588. The number of carboxylic acid groups (broad SMARTS) is 1. The molecule has 0 amide bonds. The van der Waals surface area contributed by atoms with Crippen LogP contribution in [0.3, 0.4) is 0 Å². The highest BCUT2D eigenvalue weighted by molar-refractivity contribution is 5.91. The molecule has 1 N–H and O–H groups in total. The Morgan fingerprint density at radius 1 is 1.26 bits per heavy atom. The van der Waals surface area contributed by atoms with Crippen molar-refractivity contribution >= 4 is 17.6 Å². The number of ether oxygens (including phenoxy) is 1. The Balaban J connectivity index is 2.30. The molecule has 3 aromatic rings. The van der Waals surface area contributed by atoms with E-state index in [1.165, 1.54) is 19.2 Å². The fraction of sp³-hybridized carbons (Fsp3) is 0.214. The third-order valence-corrected chi connectivity index (χ3v) is 3.33. The zero-order chi connectivity index (χ0) is 16.7. The standard InChI is InChI=1S/C14H13N5O4/c1-7-8(6-18(2)16-7)9-4-11(14(22)23-3)19-12(15-9)5-10(17-19)13(20)21/h4-6H,1-3H3,(H,20,21). The molecule has 0 spiro atoms. The number of carbonyl (C=O) groups excluding carboxylic acids is 1. The van der Waals surface area contributed by atoms with Gasteiger partial charge in [0.1, 0.15) is 0 Å². The van der Waals surface area contributed by atoms with Crippen LogP contribution in [0, 0.1) is 6.92 Å². The van der Waals surface area contributed by atoms with Gasteiger partial charge in [-0.05, 0) is 13.0 Å². The van der Waals surface area contributed by atoms with Gasteiger partial charge in [0, 0.05) is 24.9 Å². The Morgan fingerprint density at radius 3 is 2.57 bits per heavy atom. The van der Waals surface area contributed by atoms with E-state index in [0.29, 0.717) is 5.69 Å². The number of methoxy groups -OCH3 is 1. The molecule has 3 heterocycles. The summed E-state index contributed by atoms with van der Waals surface area (Å²) in [6.07, 6.45) is 1.77. The lowest BCUT2D eigenvalue weighted by Gasteiger charge is -2.05. The first kappa shape index (κ1) is 14.7. The predicted octanol–water partition coefficient (Wildman–Crippen LogP) is 0.923. The second-order valence-electron chi connectivity index (χ2n) is 4.92. The van der Waals surface area contributed by atoms with Gasteiger partial charge in [0.2, 0.25) is 0 Å². The molecule has 0 atom stereocenters. The zero-order valence-corrected chi connectivity index (χ0v) is 12.6. The van der Waals surface area contributed by atoms with E-state index < -0.39 is 11.9 Å². The van der Waals surface area contributed by atoms with Gasteiger partial charge in [-0.3, -0.25) is 4.68 Å². The van der Waals surface area contributed by atoms with Gasteiger partial charge in [0.05, 0.1) is 18.5 Å². The minimum absolute atomic E-state index is 0.0863. The van der Waals surface area contributed by atoms with E-state index in [2.05, 4.69) is 15.2 Å². The summed E-state index contributed by atoms with van der Waals surface area (Å²) in [5.41, 5.74) is 2.08. The first-order chi connectivity index (χ1) is 10.9. The number of esters is 1. The zero-order valence-electron chi connectivity index (χ0n) is 12.6. The number of hydrogen-bond donors (Lipinski definition) is 1. The molecule has 0 saturated carbocycles. The second-order valence-corrected chi connectivity index (χ2v) is 4.92. The summed E-state index contributed by atoms with van der Waals surface area (Å²) in [6.45, 7) is 1.82. The number of fused-ring (bicyclic) bond motifs is 1. The quantitative estimate of drug-likeness (QED) is 0.715. The summed E-state index contributed by atoms with van der Waals surface area (Å²) in [5, 5.41) is 17.2. The van der Waals surface area contributed by atoms with Crippen LogP contribution in [0.5, 0.6) is 0 Å². The number of aromatic nitrogens is 5. The Morgan fingerprint density at radius 2 is 2.00 bits per heavy atom. The summed E-state index contributed by atoms with van der Waals surface area (Å²) in [7, 11) is 3.02. The Labute approximate surface area is 130 Å². The molecule has 0 aliphatic rings. The molecular formula is C14H13N5O4. The molecule has 3 aromatic heterocycles. The van der Waals surface area contributed by atoms with Gasteiger partial charge in [0.25, 0.3) is 0 Å². The van der Waals surface area contributed by atoms with Gasteiger partial charge in [-0.25, -0.2) is 19.1 Å². The predicted molar refractivity (Wildman–Crippen MR) is 78.2 cm³/mol. The fourth-order valence-electron chi connectivity index (χ4n) is 2.32. The van der Waals surface area contributed by atoms with E-state index in [9.17, 15) is 9.59 Å². The van der Waals surface area contributed by atoms with Crippen LogP contribution >= 0.6 is 0 Å². The third kappa shape index (κ3) is 2.41. The Hall–Kier alpha value is -3.23. The number of hydrogen-bond acceptors (Lipinski definition) is 6. The Bertz CT molecular complexity index is 940. The summed E-state index contributed by atoms with van der Waals surface area (Å²) < 4.78 is 7.53. The number of carbonyl (C=O) groups is 2. The average Bonchev–Trinajstić information content (AvgIpc) is 3.08. The van der Waals surface area contributed by atoms with E-state index in [1.807, 2.05) is 6.92 Å². The number of nitrogens with zero attached hydrogens (tertiary/aromatic N) is 5. The van der Waals surface area contributed by atoms with Gasteiger partial charge in [-0.15, -0.1) is 0 Å². The molecule has 0 radical (unpaired) electrons. The fourth-order valence-corrected chi connectivity index (χ4v) is 2.32. The summed E-state index contributed by atoms with van der Waals surface area (Å²) in [5.74, 6) is -1.84. The maximum absolute atomic E-state index is 12.0. The minimum atomic E-state index is -1.20. The van der Waals surface area contributed by atoms with E-state index in [-0.39, 0.29) is 17.0 Å². The van der Waals surface area contributed by atoms with Crippen molar-refractivity contribution in [1.82, 2.24) is 24.4 Å². The highest BCUT2D eigenvalue weighted by Gasteiger charge is 2.20. The summed E-state index contributed by atoms with van der Waals surface area (Å²) >= 11 is 0. The second kappa shape index (κ2) is 5.20. The van der Waals surface area contributed by atoms with E-state index >= 15 is 0 Å². The van der Waals surface area contributed by atoms with Crippen LogP contribution in [0.15, 0.2) is 18.3 Å². The molecule has 0 saturated heterocycles. The van der Waals surface area contributed by atoms with Crippen molar-refractivity contribution in [3.63, 3.8) is 0 Å². The molecule has 9 heteroatoms. The van der Waals surface area contributed by atoms with Crippen LogP contribution < -0.4 is 0 Å². The van der Waals surface area contributed by atoms with Crippen LogP contribution in [0.4, 0.5) is 0 Å². The normalized spacial score (nSPS) is 10.9. The maximum atomic E-state index is 12.0. The van der Waals surface area contributed by atoms with Crippen LogP contribution in [0.1, 0.15) is 26.7 Å². The highest BCUT2D eigenvalue weighted by atomic mass is 16.5. The topological polar surface area (TPSA) is 112 Å². The smallest absolute Gasteiger partial charge is 0.356 e. The van der Waals surface area contributed by atoms with Crippen molar-refractivity contribution in [2.24, 2.45) is 7.05 Å². The van der Waals surface area contributed by atoms with Gasteiger partial charge >= 0.3 is 11.9 Å². The maximum Gasteiger partial charge on any atom is 0.356 e. The number of aromatic carboxylic acids is 1. The van der Waals surface area contributed by atoms with Gasteiger partial charge in [-0.1, -0.05) is 0 Å². The van der Waals surface area contributed by atoms with Gasteiger partial charge in [-0.2, -0.15) is 10.2 Å². The van der Waals surface area contributed by atoms with E-state index in [4.69, 9.17) is 9.84 Å². The molecule has 0 fully saturated rings. The highest BCUT2D eigenvalue weighted by Crippen LogP contribution is 2.23. The molecule has 0 aromatic carbocycles. The van der Waals surface area contributed by atoms with Crippen molar-refractivity contribution in [3.8, 4) is 11.3 Å². The summed E-state index contributed by atoms with van der Waals surface area (Å²) in [4.78, 5) is 27.5. The largest absolute Gasteiger partial charge is 0.476 e. The first-order valence-corrected chi connectivity index (χ1v) is 6.63. The lowest BCUT2D eigenvalue weighted by Crippen LogP contribution is -2.11. The molecule has 0 bridgehead atoms. The van der Waals surface area contributed by atoms with Gasteiger partial charge < -0.3 is 9.84 Å². The molecule has 118 valence electrons. The van der Waals surface area contributed by atoms with Gasteiger partial charge in [0.15, 0.2) is 17.0 Å². The van der Waals surface area contributed by atoms with Crippen LogP contribution in [-0.4, -0.2) is 48.5 Å². The van der Waals surface area contributed by atoms with Crippen molar-refractivity contribution < 1.29 is 19.4 Å². The van der Waals surface area contributed by atoms with Crippen LogP contribution in [-0.2, 0) is 11.8 Å². The van der Waals surface area contributed by atoms with Crippen LogP contribution in [0.25, 0.3) is 16.9 Å². The lowest BCUT2D eigenvalue weighted by atomic mass is 10.1. The van der Waals surface area contributed by atoms with Crippen LogP contribution in [0.2, 0.25) is 0 Å². The molecule has 0 aliphatic carbocycles. The van der Waals surface area contributed by atoms with Crippen molar-refractivity contribution in [2.75, 3.05) is 7.11 Å². The number of rotatable bonds is 3. The molecular weight excluding hydrogens is 302 g/mol. The first-order valence-electron chi connectivity index (χ1n) is 6.63. The molecule has 3 rings (SSSR count). The van der Waals surface area contributed by atoms with E-state index in [0.717, 1.165) is 15.8 Å². The third-order valence-electron chi connectivity index (χ3n) is 3.33. The Kier molecular flexibility index (Phi) is 3.32. The van der Waals surface area contributed by atoms with Crippen molar-refractivity contribution in [3.05, 3.63) is 35.4 Å². The number of aryl methyl sites for hydroxylation is 2. The minimum Gasteiger partial charge on any atom is -0.476 e. The SMILES string of the molecule is COC(=O)c1cc(-c2cn(C)nc2C)nc2cc(C(=O)O)nn12. The monoisotopic (exact) mass is 315 g/mol. The molecule has 23 heavy (non-hydrogen) atoms. The molecule has 0 aliphatic heterocycles. The average molecular weight is 315 g/mol. The van der Waals surface area contributed by atoms with E-state index in [1.54, 1.807) is 17.9 Å². The molecule has 9 nitrogen and oxygen atoms in total. The van der Waals surface area contributed by atoms with Crippen molar-refractivity contribution in [1.29, 1.82) is 0 Å². The molecule has 0 unspecified atom stereocenters. The summed E-state index contributed by atoms with van der Waals surface area (Å²) in [6, 6.07) is 2.80. The number of carboxylic acids is 1. The van der Waals surface area contributed by atoms with Crippen molar-refractivity contribution in [2.45, 2.75) is 6.92 Å².